The molecular weight excluding hydrogens is 436 g/mol. The number of esters is 1. The summed E-state index contributed by atoms with van der Waals surface area (Å²) in [5.41, 5.74) is 2.36. The van der Waals surface area contributed by atoms with E-state index >= 15 is 0 Å². The van der Waals surface area contributed by atoms with E-state index in [-0.39, 0.29) is 11.4 Å². The van der Waals surface area contributed by atoms with Crippen LogP contribution in [0.4, 0.5) is 11.4 Å². The fraction of sp³-hybridized carbons (Fsp3) is 0.130. The number of halogens is 1. The summed E-state index contributed by atoms with van der Waals surface area (Å²) in [7, 11) is 1.36. The number of anilines is 1. The predicted molar refractivity (Wildman–Crippen MR) is 117 cm³/mol. The Morgan fingerprint density at radius 3 is 2.59 bits per heavy atom. The first-order valence-electron chi connectivity index (χ1n) is 9.59. The third-order valence-corrected chi connectivity index (χ3v) is 5.38. The SMILES string of the molecule is COc1cc([N+](=O)[O-])ccc1NC(=O)c1ccc2c(c1)CC(c1ccc(Cl)cc1)OC2=O. The van der Waals surface area contributed by atoms with Crippen LogP contribution < -0.4 is 10.1 Å². The van der Waals surface area contributed by atoms with Gasteiger partial charge in [0, 0.05) is 23.1 Å². The van der Waals surface area contributed by atoms with Gasteiger partial charge in [-0.1, -0.05) is 23.7 Å². The number of nitro benzene ring substituents is 1. The molecule has 1 heterocycles. The molecule has 32 heavy (non-hydrogen) atoms. The first-order valence-corrected chi connectivity index (χ1v) is 9.96. The quantitative estimate of drug-likeness (QED) is 0.333. The van der Waals surface area contributed by atoms with Crippen LogP contribution in [0.1, 0.15) is 37.9 Å². The van der Waals surface area contributed by atoms with E-state index < -0.39 is 22.9 Å². The molecule has 4 rings (SSSR count). The molecule has 0 saturated carbocycles. The largest absolute Gasteiger partial charge is 0.494 e. The van der Waals surface area contributed by atoms with Crippen molar-refractivity contribution in [1.82, 2.24) is 0 Å². The number of hydrogen-bond donors (Lipinski definition) is 1. The zero-order chi connectivity index (χ0) is 22.8. The van der Waals surface area contributed by atoms with Gasteiger partial charge < -0.3 is 14.8 Å². The molecule has 1 unspecified atom stereocenters. The molecule has 1 aliphatic rings. The molecule has 1 aliphatic heterocycles. The van der Waals surface area contributed by atoms with E-state index in [2.05, 4.69) is 5.32 Å². The van der Waals surface area contributed by atoms with Gasteiger partial charge in [-0.2, -0.15) is 0 Å². The van der Waals surface area contributed by atoms with Crippen molar-refractivity contribution in [3.8, 4) is 5.75 Å². The Morgan fingerprint density at radius 1 is 1.16 bits per heavy atom. The third kappa shape index (κ3) is 4.26. The number of nitro groups is 1. The summed E-state index contributed by atoms with van der Waals surface area (Å²) >= 11 is 5.93. The highest BCUT2D eigenvalue weighted by atomic mass is 35.5. The summed E-state index contributed by atoms with van der Waals surface area (Å²) in [4.78, 5) is 35.7. The maximum absolute atomic E-state index is 12.8. The Morgan fingerprint density at radius 2 is 1.91 bits per heavy atom. The second-order valence-corrected chi connectivity index (χ2v) is 7.55. The lowest BCUT2D eigenvalue weighted by Gasteiger charge is -2.25. The molecule has 1 N–H and O–H groups in total. The normalized spacial score (nSPS) is 14.8. The molecular formula is C23H17ClN2O6. The minimum absolute atomic E-state index is 0.152. The van der Waals surface area contributed by atoms with Gasteiger partial charge in [-0.25, -0.2) is 4.79 Å². The van der Waals surface area contributed by atoms with Gasteiger partial charge in [0.15, 0.2) is 0 Å². The van der Waals surface area contributed by atoms with Gasteiger partial charge in [-0.05, 0) is 47.5 Å². The molecule has 1 amide bonds. The molecule has 8 nitrogen and oxygen atoms in total. The molecule has 3 aromatic carbocycles. The number of cyclic esters (lactones) is 1. The van der Waals surface area contributed by atoms with Crippen LogP contribution in [0.25, 0.3) is 0 Å². The standard InChI is InChI=1S/C23H17ClN2O6/c1-31-21-12-17(26(29)30)7-9-19(21)25-22(27)14-4-8-18-15(10-14)11-20(32-23(18)28)13-2-5-16(24)6-3-13/h2-10,12,20H,11H2,1H3,(H,25,27). The molecule has 0 bridgehead atoms. The molecule has 0 fully saturated rings. The topological polar surface area (TPSA) is 108 Å². The average Bonchev–Trinajstić information content (AvgIpc) is 2.79. The molecule has 9 heteroatoms. The van der Waals surface area contributed by atoms with Crippen LogP contribution in [0, 0.1) is 10.1 Å². The van der Waals surface area contributed by atoms with Crippen LogP contribution in [-0.4, -0.2) is 23.9 Å². The van der Waals surface area contributed by atoms with E-state index in [0.717, 1.165) is 5.56 Å². The third-order valence-electron chi connectivity index (χ3n) is 5.13. The van der Waals surface area contributed by atoms with Crippen LogP contribution in [0.3, 0.4) is 0 Å². The summed E-state index contributed by atoms with van der Waals surface area (Å²) in [6, 6.07) is 15.7. The number of nitrogens with zero attached hydrogens (tertiary/aromatic N) is 1. The van der Waals surface area contributed by atoms with Crippen molar-refractivity contribution >= 4 is 34.9 Å². The number of nitrogens with one attached hydrogen (secondary N) is 1. The Labute approximate surface area is 187 Å². The molecule has 0 saturated heterocycles. The Bertz CT molecular complexity index is 1230. The predicted octanol–water partition coefficient (Wildman–Crippen LogP) is 4.96. The van der Waals surface area contributed by atoms with E-state index in [4.69, 9.17) is 21.1 Å². The number of rotatable bonds is 5. The highest BCUT2D eigenvalue weighted by molar-refractivity contribution is 6.30. The molecule has 0 radical (unpaired) electrons. The lowest BCUT2D eigenvalue weighted by atomic mass is 9.93. The number of ether oxygens (including phenoxy) is 2. The first-order chi connectivity index (χ1) is 15.4. The van der Waals surface area contributed by atoms with E-state index in [9.17, 15) is 19.7 Å². The molecule has 0 aliphatic carbocycles. The van der Waals surface area contributed by atoms with Crippen LogP contribution in [0.5, 0.6) is 5.75 Å². The van der Waals surface area contributed by atoms with Crippen LogP contribution >= 0.6 is 11.6 Å². The minimum Gasteiger partial charge on any atom is -0.494 e. The lowest BCUT2D eigenvalue weighted by Crippen LogP contribution is -2.23. The van der Waals surface area contributed by atoms with Crippen molar-refractivity contribution in [2.75, 3.05) is 12.4 Å². The second kappa shape index (κ2) is 8.68. The number of fused-ring (bicyclic) bond motifs is 1. The number of amides is 1. The number of benzene rings is 3. The van der Waals surface area contributed by atoms with Crippen molar-refractivity contribution in [3.05, 3.63) is 98.1 Å². The first kappa shape index (κ1) is 21.3. The summed E-state index contributed by atoms with van der Waals surface area (Å²) in [6.45, 7) is 0. The van der Waals surface area contributed by atoms with Crippen LogP contribution in [-0.2, 0) is 11.2 Å². The van der Waals surface area contributed by atoms with Gasteiger partial charge in [0.1, 0.15) is 11.9 Å². The van der Waals surface area contributed by atoms with Crippen molar-refractivity contribution in [2.24, 2.45) is 0 Å². The number of non-ortho nitro benzene ring substituents is 1. The Balaban J connectivity index is 1.58. The van der Waals surface area contributed by atoms with E-state index in [1.54, 1.807) is 36.4 Å². The second-order valence-electron chi connectivity index (χ2n) is 7.12. The summed E-state index contributed by atoms with van der Waals surface area (Å²) < 4.78 is 10.7. The summed E-state index contributed by atoms with van der Waals surface area (Å²) in [5.74, 6) is -0.742. The fourth-order valence-electron chi connectivity index (χ4n) is 3.49. The number of carbonyl (C=O) groups excluding carboxylic acids is 2. The molecule has 3 aromatic rings. The number of hydrogen-bond acceptors (Lipinski definition) is 6. The Kier molecular flexibility index (Phi) is 5.79. The molecule has 0 spiro atoms. The van der Waals surface area contributed by atoms with Gasteiger partial charge in [0.05, 0.1) is 29.4 Å². The number of carbonyl (C=O) groups is 2. The average molecular weight is 453 g/mol. The molecule has 0 aromatic heterocycles. The molecule has 162 valence electrons. The minimum atomic E-state index is -0.548. The smallest absolute Gasteiger partial charge is 0.339 e. The fourth-order valence-corrected chi connectivity index (χ4v) is 3.62. The highest BCUT2D eigenvalue weighted by Crippen LogP contribution is 2.33. The van der Waals surface area contributed by atoms with E-state index in [1.807, 2.05) is 0 Å². The van der Waals surface area contributed by atoms with Crippen LogP contribution in [0.15, 0.2) is 60.7 Å². The van der Waals surface area contributed by atoms with E-state index in [1.165, 1.54) is 31.4 Å². The van der Waals surface area contributed by atoms with Crippen molar-refractivity contribution < 1.29 is 24.0 Å². The van der Waals surface area contributed by atoms with Gasteiger partial charge in [-0.3, -0.25) is 14.9 Å². The Hall–Kier alpha value is -3.91. The van der Waals surface area contributed by atoms with Crippen molar-refractivity contribution in [2.45, 2.75) is 12.5 Å². The summed E-state index contributed by atoms with van der Waals surface area (Å²) in [5, 5.41) is 14.2. The van der Waals surface area contributed by atoms with Crippen LogP contribution in [0.2, 0.25) is 5.02 Å². The van der Waals surface area contributed by atoms with E-state index in [0.29, 0.717) is 33.8 Å². The van der Waals surface area contributed by atoms with Crippen molar-refractivity contribution in [1.29, 1.82) is 0 Å². The monoisotopic (exact) mass is 452 g/mol. The lowest BCUT2D eigenvalue weighted by molar-refractivity contribution is -0.384. The zero-order valence-electron chi connectivity index (χ0n) is 16.8. The highest BCUT2D eigenvalue weighted by Gasteiger charge is 2.28. The summed E-state index contributed by atoms with van der Waals surface area (Å²) in [6.07, 6.45) is -0.0784. The van der Waals surface area contributed by atoms with Gasteiger partial charge in [-0.15, -0.1) is 0 Å². The van der Waals surface area contributed by atoms with Gasteiger partial charge in [0.2, 0.25) is 0 Å². The van der Waals surface area contributed by atoms with Gasteiger partial charge in [0.25, 0.3) is 11.6 Å². The number of methoxy groups -OCH3 is 1. The zero-order valence-corrected chi connectivity index (χ0v) is 17.6. The molecule has 1 atom stereocenters. The van der Waals surface area contributed by atoms with Crippen molar-refractivity contribution in [3.63, 3.8) is 0 Å². The maximum Gasteiger partial charge on any atom is 0.339 e. The maximum atomic E-state index is 12.8. The van der Waals surface area contributed by atoms with Gasteiger partial charge >= 0.3 is 5.97 Å².